The number of pyridine rings is 1. The molecule has 0 unspecified atom stereocenters. The van der Waals surface area contributed by atoms with Crippen molar-refractivity contribution in [2.75, 3.05) is 26.0 Å². The van der Waals surface area contributed by atoms with Crippen LogP contribution in [0.25, 0.3) is 0 Å². The Bertz CT molecular complexity index is 789. The number of nitrogens with zero attached hydrogens (tertiary/aromatic N) is 2. The van der Waals surface area contributed by atoms with Gasteiger partial charge in [-0.1, -0.05) is 12.1 Å². The number of thioether (sulfide) groups is 1. The van der Waals surface area contributed by atoms with Gasteiger partial charge in [-0.05, 0) is 43.0 Å². The van der Waals surface area contributed by atoms with E-state index < -0.39 is 10.0 Å². The molecule has 1 saturated heterocycles. The monoisotopic (exact) mass is 378 g/mol. The predicted molar refractivity (Wildman–Crippen MR) is 99.4 cm³/mol. The van der Waals surface area contributed by atoms with Crippen molar-refractivity contribution in [1.29, 1.82) is 0 Å². The lowest BCUT2D eigenvalue weighted by atomic mass is 10.0. The van der Waals surface area contributed by atoms with Crippen LogP contribution in [0, 0.1) is 5.92 Å². The van der Waals surface area contributed by atoms with E-state index in [9.17, 15) is 8.42 Å². The number of ether oxygens (including phenoxy) is 1. The Morgan fingerprint density at radius 3 is 2.68 bits per heavy atom. The van der Waals surface area contributed by atoms with Crippen molar-refractivity contribution in [3.63, 3.8) is 0 Å². The summed E-state index contributed by atoms with van der Waals surface area (Å²) < 4.78 is 32.3. The fourth-order valence-corrected chi connectivity index (χ4v) is 5.42. The zero-order valence-corrected chi connectivity index (χ0v) is 15.8. The molecule has 2 heterocycles. The molecule has 1 aliphatic heterocycles. The number of aromatic nitrogens is 1. The largest absolute Gasteiger partial charge is 0.497 e. The summed E-state index contributed by atoms with van der Waals surface area (Å²) in [6.45, 7) is 1.12. The minimum absolute atomic E-state index is 0.299. The number of methoxy groups -OCH3 is 1. The Kier molecular flexibility index (Phi) is 5.98. The van der Waals surface area contributed by atoms with Gasteiger partial charge in [-0.2, -0.15) is 4.31 Å². The molecule has 25 heavy (non-hydrogen) atoms. The van der Waals surface area contributed by atoms with E-state index >= 15 is 0 Å². The van der Waals surface area contributed by atoms with Crippen LogP contribution in [0.1, 0.15) is 12.8 Å². The number of benzene rings is 1. The molecule has 0 radical (unpaired) electrons. The molecule has 0 aliphatic carbocycles. The Morgan fingerprint density at radius 2 is 2.00 bits per heavy atom. The Labute approximate surface area is 153 Å². The van der Waals surface area contributed by atoms with Crippen LogP contribution >= 0.6 is 11.8 Å². The molecule has 5 nitrogen and oxygen atoms in total. The minimum Gasteiger partial charge on any atom is -0.497 e. The zero-order chi connectivity index (χ0) is 17.7. The zero-order valence-electron chi connectivity index (χ0n) is 14.2. The van der Waals surface area contributed by atoms with Crippen molar-refractivity contribution in [2.45, 2.75) is 22.8 Å². The van der Waals surface area contributed by atoms with Crippen LogP contribution in [0.15, 0.2) is 58.6 Å². The van der Waals surface area contributed by atoms with Crippen molar-refractivity contribution < 1.29 is 13.2 Å². The van der Waals surface area contributed by atoms with Gasteiger partial charge in [-0.3, -0.25) is 0 Å². The summed E-state index contributed by atoms with van der Waals surface area (Å²) >= 11 is 1.74. The lowest BCUT2D eigenvalue weighted by Gasteiger charge is -2.31. The van der Waals surface area contributed by atoms with Crippen LogP contribution in [0.3, 0.4) is 0 Å². The van der Waals surface area contributed by atoms with Gasteiger partial charge in [-0.15, -0.1) is 11.8 Å². The van der Waals surface area contributed by atoms with Crippen molar-refractivity contribution >= 4 is 21.8 Å². The van der Waals surface area contributed by atoms with Gasteiger partial charge in [0.05, 0.1) is 17.0 Å². The van der Waals surface area contributed by atoms with Crippen LogP contribution in [0.5, 0.6) is 5.75 Å². The number of hydrogen-bond donors (Lipinski definition) is 0. The van der Waals surface area contributed by atoms with Gasteiger partial charge in [0.2, 0.25) is 10.0 Å². The third-order valence-electron chi connectivity index (χ3n) is 4.36. The molecule has 1 fully saturated rings. The van der Waals surface area contributed by atoms with E-state index in [1.165, 1.54) is 7.11 Å². The fraction of sp³-hybridized carbons (Fsp3) is 0.389. The first-order valence-corrected chi connectivity index (χ1v) is 10.7. The topological polar surface area (TPSA) is 59.5 Å². The maximum atomic E-state index is 12.8. The van der Waals surface area contributed by atoms with E-state index in [1.807, 2.05) is 18.2 Å². The van der Waals surface area contributed by atoms with Crippen LogP contribution in [-0.2, 0) is 10.0 Å². The van der Waals surface area contributed by atoms with Gasteiger partial charge in [0.15, 0.2) is 0 Å². The molecular weight excluding hydrogens is 356 g/mol. The van der Waals surface area contributed by atoms with E-state index in [2.05, 4.69) is 4.98 Å². The highest BCUT2D eigenvalue weighted by Gasteiger charge is 2.29. The lowest BCUT2D eigenvalue weighted by Crippen LogP contribution is -2.38. The summed E-state index contributed by atoms with van der Waals surface area (Å²) in [5.74, 6) is 2.05. The molecule has 1 aromatic carbocycles. The molecule has 1 aromatic heterocycles. The minimum atomic E-state index is -3.45. The van der Waals surface area contributed by atoms with E-state index in [-0.39, 0.29) is 0 Å². The highest BCUT2D eigenvalue weighted by atomic mass is 32.2. The molecule has 0 atom stereocenters. The predicted octanol–water partition coefficient (Wildman–Crippen LogP) is 3.28. The van der Waals surface area contributed by atoms with Gasteiger partial charge >= 0.3 is 0 Å². The summed E-state index contributed by atoms with van der Waals surface area (Å²) in [4.78, 5) is 4.62. The first kappa shape index (κ1) is 18.2. The Hall–Kier alpha value is -1.57. The van der Waals surface area contributed by atoms with Gasteiger partial charge < -0.3 is 4.74 Å². The third kappa shape index (κ3) is 4.54. The highest BCUT2D eigenvalue weighted by Crippen LogP contribution is 2.29. The molecular formula is C18H22N2O3S2. The molecule has 7 heteroatoms. The fourth-order valence-electron chi connectivity index (χ4n) is 2.86. The van der Waals surface area contributed by atoms with Crippen LogP contribution < -0.4 is 4.74 Å². The molecule has 0 amide bonds. The molecule has 0 saturated carbocycles. The molecule has 1 aliphatic rings. The maximum absolute atomic E-state index is 12.8. The Morgan fingerprint density at radius 1 is 1.20 bits per heavy atom. The average molecular weight is 379 g/mol. The third-order valence-corrected chi connectivity index (χ3v) is 7.43. The SMILES string of the molecule is COc1cccc(S(=O)(=O)N2CCC(CSc3ccccn3)CC2)c1. The average Bonchev–Trinajstić information content (AvgIpc) is 2.67. The van der Waals surface area contributed by atoms with Crippen LogP contribution in [0.2, 0.25) is 0 Å². The second-order valence-corrected chi connectivity index (χ2v) is 8.98. The van der Waals surface area contributed by atoms with Crippen LogP contribution in [0.4, 0.5) is 0 Å². The molecule has 0 bridgehead atoms. The summed E-state index contributed by atoms with van der Waals surface area (Å²) in [7, 11) is -1.91. The van der Waals surface area contributed by atoms with E-state index in [0.717, 1.165) is 23.6 Å². The van der Waals surface area contributed by atoms with E-state index in [1.54, 1.807) is 46.5 Å². The summed E-state index contributed by atoms with van der Waals surface area (Å²) in [5, 5.41) is 1.02. The smallest absolute Gasteiger partial charge is 0.243 e. The van der Waals surface area contributed by atoms with Gasteiger partial charge in [0.1, 0.15) is 5.75 Å². The first-order chi connectivity index (χ1) is 12.1. The second kappa shape index (κ2) is 8.21. The van der Waals surface area contributed by atoms with E-state index in [4.69, 9.17) is 4.74 Å². The Balaban J connectivity index is 1.57. The maximum Gasteiger partial charge on any atom is 0.243 e. The van der Waals surface area contributed by atoms with Gasteiger partial charge in [0.25, 0.3) is 0 Å². The van der Waals surface area contributed by atoms with Gasteiger partial charge in [0, 0.05) is 31.1 Å². The van der Waals surface area contributed by atoms with Crippen LogP contribution in [-0.4, -0.2) is 43.7 Å². The quantitative estimate of drug-likeness (QED) is 0.722. The number of sulfonamides is 1. The molecule has 134 valence electrons. The van der Waals surface area contributed by atoms with Crippen molar-refractivity contribution in [1.82, 2.24) is 9.29 Å². The van der Waals surface area contributed by atoms with E-state index in [0.29, 0.717) is 29.7 Å². The van der Waals surface area contributed by atoms with Crippen molar-refractivity contribution in [3.05, 3.63) is 48.7 Å². The standard InChI is InChI=1S/C18H22N2O3S2/c1-23-16-5-4-6-17(13-16)25(21,22)20-11-8-15(9-12-20)14-24-18-7-2-3-10-19-18/h2-7,10,13,15H,8-9,11-12,14H2,1H3. The normalized spacial score (nSPS) is 16.7. The number of hydrogen-bond acceptors (Lipinski definition) is 5. The lowest BCUT2D eigenvalue weighted by molar-refractivity contribution is 0.291. The van der Waals surface area contributed by atoms with Crippen molar-refractivity contribution in [3.8, 4) is 5.75 Å². The number of rotatable bonds is 6. The molecule has 3 rings (SSSR count). The van der Waals surface area contributed by atoms with Gasteiger partial charge in [-0.25, -0.2) is 13.4 Å². The molecule has 0 N–H and O–H groups in total. The summed E-state index contributed by atoms with van der Waals surface area (Å²) in [5.41, 5.74) is 0. The molecule has 0 spiro atoms. The summed E-state index contributed by atoms with van der Waals surface area (Å²) in [6, 6.07) is 12.6. The molecule has 2 aromatic rings. The second-order valence-electron chi connectivity index (χ2n) is 6.01. The van der Waals surface area contributed by atoms with Crippen molar-refractivity contribution in [2.24, 2.45) is 5.92 Å². The highest BCUT2D eigenvalue weighted by molar-refractivity contribution is 7.99. The number of piperidine rings is 1. The first-order valence-electron chi connectivity index (χ1n) is 8.27. The summed E-state index contributed by atoms with van der Waals surface area (Å²) in [6.07, 6.45) is 3.55.